The zero-order chi connectivity index (χ0) is 25.1. The normalized spacial score (nSPS) is 15.6. The summed E-state index contributed by atoms with van der Waals surface area (Å²) in [7, 11) is -1.33. The second-order valence-corrected chi connectivity index (χ2v) is 9.39. The minimum absolute atomic E-state index is 0.0440. The SMILES string of the molecule is CNc1cc(OC)c(C(=O)NO)c(S(=O)(=O)N2CCC(Oc3ccc(C(F)(F)F)cc3)CC2)c1. The number of carbonyl (C=O) groups is 1. The molecule has 0 bridgehead atoms. The quantitative estimate of drug-likeness (QED) is 0.393. The zero-order valence-corrected chi connectivity index (χ0v) is 19.2. The third kappa shape index (κ3) is 5.37. The summed E-state index contributed by atoms with van der Waals surface area (Å²) in [5.41, 5.74) is 0.694. The first-order valence-electron chi connectivity index (χ1n) is 10.2. The highest BCUT2D eigenvalue weighted by Gasteiger charge is 2.35. The van der Waals surface area contributed by atoms with Crippen LogP contribution in [0.2, 0.25) is 0 Å². The summed E-state index contributed by atoms with van der Waals surface area (Å²) in [6.07, 6.45) is -4.28. The van der Waals surface area contributed by atoms with Crippen molar-refractivity contribution in [2.24, 2.45) is 0 Å². The van der Waals surface area contributed by atoms with Gasteiger partial charge in [0.1, 0.15) is 28.1 Å². The van der Waals surface area contributed by atoms with E-state index in [4.69, 9.17) is 14.7 Å². The molecule has 0 saturated carbocycles. The second kappa shape index (κ2) is 10.1. The van der Waals surface area contributed by atoms with Crippen LogP contribution in [0.4, 0.5) is 18.9 Å². The topological polar surface area (TPSA) is 117 Å². The summed E-state index contributed by atoms with van der Waals surface area (Å²) in [5.74, 6) is -0.834. The van der Waals surface area contributed by atoms with Crippen molar-refractivity contribution in [3.05, 3.63) is 47.5 Å². The van der Waals surface area contributed by atoms with E-state index < -0.39 is 33.8 Å². The van der Waals surface area contributed by atoms with Gasteiger partial charge in [0.05, 0.1) is 12.7 Å². The second-order valence-electron chi connectivity index (χ2n) is 7.49. The Morgan fingerprint density at radius 3 is 2.26 bits per heavy atom. The number of benzene rings is 2. The fraction of sp³-hybridized carbons (Fsp3) is 0.381. The number of sulfonamides is 1. The Morgan fingerprint density at radius 2 is 1.76 bits per heavy atom. The molecule has 3 N–H and O–H groups in total. The molecule has 1 aliphatic heterocycles. The number of nitrogens with zero attached hydrogens (tertiary/aromatic N) is 1. The molecule has 9 nitrogen and oxygen atoms in total. The molecule has 186 valence electrons. The van der Waals surface area contributed by atoms with Crippen molar-refractivity contribution >= 4 is 21.6 Å². The van der Waals surface area contributed by atoms with Crippen LogP contribution in [0.25, 0.3) is 0 Å². The highest BCUT2D eigenvalue weighted by atomic mass is 32.2. The Kier molecular flexibility index (Phi) is 7.58. The van der Waals surface area contributed by atoms with E-state index in [1.807, 2.05) is 0 Å². The number of methoxy groups -OCH3 is 1. The highest BCUT2D eigenvalue weighted by molar-refractivity contribution is 7.89. The lowest BCUT2D eigenvalue weighted by Gasteiger charge is -2.32. The van der Waals surface area contributed by atoms with Crippen LogP contribution in [0.5, 0.6) is 11.5 Å². The molecule has 0 aromatic heterocycles. The zero-order valence-electron chi connectivity index (χ0n) is 18.3. The minimum Gasteiger partial charge on any atom is -0.496 e. The molecular weight excluding hydrogens is 479 g/mol. The van der Waals surface area contributed by atoms with Crippen molar-refractivity contribution in [1.29, 1.82) is 0 Å². The number of hydroxylamine groups is 1. The lowest BCUT2D eigenvalue weighted by atomic mass is 10.1. The van der Waals surface area contributed by atoms with E-state index in [1.165, 1.54) is 41.2 Å². The van der Waals surface area contributed by atoms with Crippen molar-refractivity contribution < 1.29 is 41.1 Å². The van der Waals surface area contributed by atoms with Crippen LogP contribution in [0, 0.1) is 0 Å². The van der Waals surface area contributed by atoms with Gasteiger partial charge in [-0.05, 0) is 43.2 Å². The van der Waals surface area contributed by atoms with Gasteiger partial charge in [0.15, 0.2) is 0 Å². The van der Waals surface area contributed by atoms with Gasteiger partial charge in [-0.2, -0.15) is 17.5 Å². The molecule has 34 heavy (non-hydrogen) atoms. The van der Waals surface area contributed by atoms with Crippen LogP contribution in [-0.4, -0.2) is 57.2 Å². The lowest BCUT2D eigenvalue weighted by molar-refractivity contribution is -0.137. The summed E-state index contributed by atoms with van der Waals surface area (Å²) in [5, 5.41) is 11.9. The molecule has 0 atom stereocenters. The van der Waals surface area contributed by atoms with Crippen LogP contribution < -0.4 is 20.3 Å². The third-order valence-electron chi connectivity index (χ3n) is 5.41. The predicted octanol–water partition coefficient (Wildman–Crippen LogP) is 3.11. The molecule has 3 rings (SSSR count). The Balaban J connectivity index is 1.78. The molecule has 1 fully saturated rings. The van der Waals surface area contributed by atoms with E-state index in [0.717, 1.165) is 12.1 Å². The first kappa shape index (κ1) is 25.6. The first-order chi connectivity index (χ1) is 16.0. The summed E-state index contributed by atoms with van der Waals surface area (Å²) >= 11 is 0. The highest BCUT2D eigenvalue weighted by Crippen LogP contribution is 2.34. The van der Waals surface area contributed by atoms with E-state index in [-0.39, 0.29) is 47.9 Å². The molecule has 1 saturated heterocycles. The van der Waals surface area contributed by atoms with Gasteiger partial charge < -0.3 is 14.8 Å². The average Bonchev–Trinajstić information content (AvgIpc) is 2.82. The van der Waals surface area contributed by atoms with E-state index in [2.05, 4.69) is 5.32 Å². The van der Waals surface area contributed by atoms with Gasteiger partial charge in [0.2, 0.25) is 10.0 Å². The first-order valence-corrected chi connectivity index (χ1v) is 11.6. The molecule has 0 aliphatic carbocycles. The molecule has 1 amide bonds. The molecule has 1 heterocycles. The Labute approximate surface area is 194 Å². The standard InChI is InChI=1S/C21H24F3N3O6S/c1-25-14-11-17(32-2)19(20(28)26-29)18(12-14)34(30,31)27-9-7-16(8-10-27)33-15-5-3-13(4-6-15)21(22,23)24/h3-6,11-12,16,25,29H,7-10H2,1-2H3,(H,26,28). The van der Waals surface area contributed by atoms with Crippen LogP contribution in [0.15, 0.2) is 41.3 Å². The Morgan fingerprint density at radius 1 is 1.15 bits per heavy atom. The van der Waals surface area contributed by atoms with Crippen molar-refractivity contribution in [2.45, 2.75) is 30.0 Å². The van der Waals surface area contributed by atoms with Gasteiger partial charge >= 0.3 is 6.18 Å². The molecule has 0 radical (unpaired) electrons. The molecule has 1 aliphatic rings. The van der Waals surface area contributed by atoms with Crippen LogP contribution in [0.3, 0.4) is 0 Å². The minimum atomic E-state index is -4.45. The fourth-order valence-corrected chi connectivity index (χ4v) is 5.32. The van der Waals surface area contributed by atoms with E-state index in [9.17, 15) is 26.4 Å². The summed E-state index contributed by atoms with van der Waals surface area (Å²) in [6.45, 7) is 0.111. The number of halogens is 3. The number of hydrogen-bond donors (Lipinski definition) is 3. The number of rotatable bonds is 7. The third-order valence-corrected chi connectivity index (χ3v) is 7.33. The van der Waals surface area contributed by atoms with Gasteiger partial charge in [-0.1, -0.05) is 0 Å². The fourth-order valence-electron chi connectivity index (χ4n) is 3.62. The summed E-state index contributed by atoms with van der Waals surface area (Å²) in [4.78, 5) is 11.9. The Hall–Kier alpha value is -3.03. The number of carbonyl (C=O) groups excluding carboxylic acids is 1. The molecule has 2 aromatic rings. The maximum absolute atomic E-state index is 13.4. The number of ether oxygens (including phenoxy) is 2. The van der Waals surface area contributed by atoms with Gasteiger partial charge in [0.25, 0.3) is 5.91 Å². The predicted molar refractivity (Wildman–Crippen MR) is 116 cm³/mol. The average molecular weight is 503 g/mol. The monoisotopic (exact) mass is 503 g/mol. The number of anilines is 1. The largest absolute Gasteiger partial charge is 0.496 e. The number of alkyl halides is 3. The van der Waals surface area contributed by atoms with E-state index in [0.29, 0.717) is 5.69 Å². The molecule has 0 unspecified atom stereocenters. The smallest absolute Gasteiger partial charge is 0.416 e. The summed E-state index contributed by atoms with van der Waals surface area (Å²) < 4.78 is 77.0. The van der Waals surface area contributed by atoms with Gasteiger partial charge in [-0.15, -0.1) is 0 Å². The van der Waals surface area contributed by atoms with Gasteiger partial charge in [-0.3, -0.25) is 10.0 Å². The number of hydrogen-bond acceptors (Lipinski definition) is 7. The number of piperidine rings is 1. The number of amides is 1. The van der Waals surface area contributed by atoms with E-state index in [1.54, 1.807) is 7.05 Å². The van der Waals surface area contributed by atoms with Gasteiger partial charge in [0, 0.05) is 31.9 Å². The van der Waals surface area contributed by atoms with Gasteiger partial charge in [-0.25, -0.2) is 13.9 Å². The maximum atomic E-state index is 13.4. The van der Waals surface area contributed by atoms with Crippen LogP contribution >= 0.6 is 0 Å². The maximum Gasteiger partial charge on any atom is 0.416 e. The number of nitrogens with one attached hydrogen (secondary N) is 2. The van der Waals surface area contributed by atoms with Crippen molar-refractivity contribution in [1.82, 2.24) is 9.79 Å². The van der Waals surface area contributed by atoms with Crippen LogP contribution in [0.1, 0.15) is 28.8 Å². The van der Waals surface area contributed by atoms with Crippen molar-refractivity contribution in [3.63, 3.8) is 0 Å². The molecule has 13 heteroatoms. The molecule has 0 spiro atoms. The van der Waals surface area contributed by atoms with Crippen LogP contribution in [-0.2, 0) is 16.2 Å². The lowest BCUT2D eigenvalue weighted by Crippen LogP contribution is -2.42. The Bertz CT molecular complexity index is 1130. The van der Waals surface area contributed by atoms with E-state index >= 15 is 0 Å². The molecular formula is C21H24F3N3O6S. The molecule has 2 aromatic carbocycles. The summed E-state index contributed by atoms with van der Waals surface area (Å²) in [6, 6.07) is 6.99. The van der Waals surface area contributed by atoms with Crippen molar-refractivity contribution in [3.8, 4) is 11.5 Å². The van der Waals surface area contributed by atoms with Crippen molar-refractivity contribution in [2.75, 3.05) is 32.6 Å².